The van der Waals surface area contributed by atoms with Gasteiger partial charge in [0.05, 0.1) is 12.2 Å². The van der Waals surface area contributed by atoms with Crippen LogP contribution in [0.1, 0.15) is 31.7 Å². The van der Waals surface area contributed by atoms with Gasteiger partial charge < -0.3 is 9.52 Å². The van der Waals surface area contributed by atoms with Gasteiger partial charge in [-0.1, -0.05) is 6.92 Å². The van der Waals surface area contributed by atoms with Gasteiger partial charge in [-0.25, -0.2) is 4.98 Å². The van der Waals surface area contributed by atoms with E-state index >= 15 is 0 Å². The normalized spacial score (nSPS) is 13.0. The van der Waals surface area contributed by atoms with Gasteiger partial charge in [-0.2, -0.15) is 0 Å². The summed E-state index contributed by atoms with van der Waals surface area (Å²) in [6.45, 7) is 6.43. The quantitative estimate of drug-likeness (QED) is 0.799. The molecule has 1 aromatic heterocycles. The lowest BCUT2D eigenvalue weighted by Crippen LogP contribution is -2.36. The van der Waals surface area contributed by atoms with Gasteiger partial charge in [-0.05, 0) is 20.3 Å². The number of aliphatic carboxylic acids is 1. The summed E-state index contributed by atoms with van der Waals surface area (Å²) < 4.78 is 5.10. The molecule has 16 heavy (non-hydrogen) atoms. The molecular weight excluding hydrogens is 208 g/mol. The highest BCUT2D eigenvalue weighted by atomic mass is 16.4. The van der Waals surface area contributed by atoms with Gasteiger partial charge in [0.25, 0.3) is 0 Å². The van der Waals surface area contributed by atoms with Gasteiger partial charge in [-0.3, -0.25) is 9.69 Å². The van der Waals surface area contributed by atoms with E-state index in [-0.39, 0.29) is 12.6 Å². The second kappa shape index (κ2) is 5.65. The smallest absolute Gasteiger partial charge is 0.317 e. The predicted octanol–water partition coefficient (Wildman–Crippen LogP) is 1.67. The molecule has 0 radical (unpaired) electrons. The Morgan fingerprint density at radius 2 is 2.38 bits per heavy atom. The molecule has 0 aromatic carbocycles. The van der Waals surface area contributed by atoms with Crippen LogP contribution >= 0.6 is 0 Å². The first-order chi connectivity index (χ1) is 7.54. The first-order valence-corrected chi connectivity index (χ1v) is 5.39. The topological polar surface area (TPSA) is 66.6 Å². The fourth-order valence-corrected chi connectivity index (χ4v) is 1.47. The Labute approximate surface area is 95.1 Å². The number of hydrogen-bond donors (Lipinski definition) is 1. The lowest BCUT2D eigenvalue weighted by molar-refractivity contribution is -0.139. The molecule has 0 spiro atoms. The van der Waals surface area contributed by atoms with Crippen LogP contribution in [0.2, 0.25) is 0 Å². The molecule has 1 heterocycles. The Bertz CT molecular complexity index is 349. The van der Waals surface area contributed by atoms with Crippen LogP contribution in [0.5, 0.6) is 0 Å². The van der Waals surface area contributed by atoms with Crippen molar-refractivity contribution in [1.29, 1.82) is 0 Å². The van der Waals surface area contributed by atoms with Crippen molar-refractivity contribution in [3.63, 3.8) is 0 Å². The van der Waals surface area contributed by atoms with Crippen molar-refractivity contribution in [2.75, 3.05) is 6.54 Å². The lowest BCUT2D eigenvalue weighted by atomic mass is 10.2. The predicted molar refractivity (Wildman–Crippen MR) is 59.0 cm³/mol. The molecule has 0 aliphatic carbocycles. The van der Waals surface area contributed by atoms with E-state index in [0.29, 0.717) is 6.54 Å². The highest BCUT2D eigenvalue weighted by molar-refractivity contribution is 5.69. The maximum absolute atomic E-state index is 10.8. The largest absolute Gasteiger partial charge is 0.480 e. The van der Waals surface area contributed by atoms with Gasteiger partial charge in [-0.15, -0.1) is 0 Å². The van der Waals surface area contributed by atoms with E-state index in [4.69, 9.17) is 9.52 Å². The average Bonchev–Trinajstić information content (AvgIpc) is 2.61. The van der Waals surface area contributed by atoms with Crippen molar-refractivity contribution in [2.45, 2.75) is 39.8 Å². The van der Waals surface area contributed by atoms with Crippen LogP contribution in [-0.2, 0) is 11.3 Å². The van der Waals surface area contributed by atoms with Gasteiger partial charge in [0.1, 0.15) is 5.76 Å². The molecule has 1 rings (SSSR count). The number of oxazole rings is 1. The van der Waals surface area contributed by atoms with Gasteiger partial charge in [0.2, 0.25) is 0 Å². The molecule has 1 aromatic rings. The van der Waals surface area contributed by atoms with Gasteiger partial charge in [0.15, 0.2) is 6.39 Å². The van der Waals surface area contributed by atoms with E-state index in [1.165, 1.54) is 6.39 Å². The van der Waals surface area contributed by atoms with Crippen LogP contribution in [0, 0.1) is 6.92 Å². The van der Waals surface area contributed by atoms with Gasteiger partial charge >= 0.3 is 5.97 Å². The molecule has 5 nitrogen and oxygen atoms in total. The van der Waals surface area contributed by atoms with E-state index in [0.717, 1.165) is 17.9 Å². The fourth-order valence-electron chi connectivity index (χ4n) is 1.47. The summed E-state index contributed by atoms with van der Waals surface area (Å²) in [5.41, 5.74) is 0.807. The third-order valence-electron chi connectivity index (χ3n) is 2.75. The number of carboxylic acids is 1. The SMILES string of the molecule is CCC(C)N(CC(=O)O)Cc1ncoc1C. The molecule has 0 aliphatic rings. The third-order valence-corrected chi connectivity index (χ3v) is 2.75. The Morgan fingerprint density at radius 1 is 1.69 bits per heavy atom. The molecule has 1 N–H and O–H groups in total. The van der Waals surface area contributed by atoms with Crippen molar-refractivity contribution >= 4 is 5.97 Å². The number of rotatable bonds is 6. The Morgan fingerprint density at radius 3 is 2.81 bits per heavy atom. The summed E-state index contributed by atoms with van der Waals surface area (Å²) >= 11 is 0. The van der Waals surface area contributed by atoms with Crippen molar-refractivity contribution in [3.8, 4) is 0 Å². The zero-order valence-electron chi connectivity index (χ0n) is 9.93. The zero-order chi connectivity index (χ0) is 12.1. The standard InChI is InChI=1S/C11H18N2O3/c1-4-8(2)13(6-11(14)15)5-10-9(3)16-7-12-10/h7-8H,4-6H2,1-3H3,(H,14,15). The molecule has 0 aliphatic heterocycles. The lowest BCUT2D eigenvalue weighted by Gasteiger charge is -2.25. The monoisotopic (exact) mass is 226 g/mol. The first-order valence-electron chi connectivity index (χ1n) is 5.39. The molecule has 0 saturated carbocycles. The van der Waals surface area contributed by atoms with Crippen LogP contribution in [-0.4, -0.2) is 33.5 Å². The molecule has 0 amide bonds. The van der Waals surface area contributed by atoms with E-state index < -0.39 is 5.97 Å². The number of hydrogen-bond acceptors (Lipinski definition) is 4. The molecule has 0 fully saturated rings. The van der Waals surface area contributed by atoms with E-state index in [2.05, 4.69) is 4.98 Å². The number of carboxylic acid groups (broad SMARTS) is 1. The molecular formula is C11H18N2O3. The summed E-state index contributed by atoms with van der Waals surface area (Å²) in [5, 5.41) is 8.84. The molecule has 1 unspecified atom stereocenters. The molecule has 1 atom stereocenters. The summed E-state index contributed by atoms with van der Waals surface area (Å²) in [7, 11) is 0. The second-order valence-corrected chi connectivity index (χ2v) is 3.91. The maximum atomic E-state index is 10.8. The van der Waals surface area contributed by atoms with Crippen LogP contribution in [0.3, 0.4) is 0 Å². The van der Waals surface area contributed by atoms with Crippen LogP contribution in [0.15, 0.2) is 10.8 Å². The number of aromatic nitrogens is 1. The van der Waals surface area contributed by atoms with Crippen LogP contribution < -0.4 is 0 Å². The highest BCUT2D eigenvalue weighted by Crippen LogP contribution is 2.12. The van der Waals surface area contributed by atoms with Crippen LogP contribution in [0.4, 0.5) is 0 Å². The van der Waals surface area contributed by atoms with Crippen molar-refractivity contribution < 1.29 is 14.3 Å². The Hall–Kier alpha value is -1.36. The van der Waals surface area contributed by atoms with Crippen molar-refractivity contribution in [3.05, 3.63) is 17.8 Å². The molecule has 5 heteroatoms. The van der Waals surface area contributed by atoms with E-state index in [1.807, 2.05) is 25.7 Å². The fraction of sp³-hybridized carbons (Fsp3) is 0.636. The highest BCUT2D eigenvalue weighted by Gasteiger charge is 2.18. The summed E-state index contributed by atoms with van der Waals surface area (Å²) in [5.74, 6) is -0.0693. The Kier molecular flexibility index (Phi) is 4.49. The summed E-state index contributed by atoms with van der Waals surface area (Å²) in [6.07, 6.45) is 2.30. The zero-order valence-corrected chi connectivity index (χ0v) is 9.93. The minimum absolute atomic E-state index is 0.0291. The number of carbonyl (C=O) groups is 1. The molecule has 0 saturated heterocycles. The summed E-state index contributed by atoms with van der Waals surface area (Å²) in [6, 6.07) is 0.215. The van der Waals surface area contributed by atoms with E-state index in [1.54, 1.807) is 0 Å². The van der Waals surface area contributed by atoms with E-state index in [9.17, 15) is 4.79 Å². The van der Waals surface area contributed by atoms with Crippen molar-refractivity contribution in [2.24, 2.45) is 0 Å². The van der Waals surface area contributed by atoms with Gasteiger partial charge in [0, 0.05) is 12.6 Å². The maximum Gasteiger partial charge on any atom is 0.317 e. The second-order valence-electron chi connectivity index (χ2n) is 3.91. The average molecular weight is 226 g/mol. The number of aryl methyl sites for hydroxylation is 1. The minimum atomic E-state index is -0.818. The minimum Gasteiger partial charge on any atom is -0.480 e. The first kappa shape index (κ1) is 12.7. The summed E-state index contributed by atoms with van der Waals surface area (Å²) in [4.78, 5) is 16.7. The molecule has 0 bridgehead atoms. The van der Waals surface area contributed by atoms with Crippen LogP contribution in [0.25, 0.3) is 0 Å². The van der Waals surface area contributed by atoms with Crippen molar-refractivity contribution in [1.82, 2.24) is 9.88 Å². The molecule has 90 valence electrons. The Balaban J connectivity index is 2.70. The third kappa shape index (κ3) is 3.34. The number of nitrogens with zero attached hydrogens (tertiary/aromatic N) is 2.